The van der Waals surface area contributed by atoms with E-state index in [2.05, 4.69) is 14.8 Å². The molecular weight excluding hydrogens is 432 g/mol. The molecular formula is C21H12N6O4S. The molecule has 0 bridgehead atoms. The van der Waals surface area contributed by atoms with Crippen molar-refractivity contribution in [3.63, 3.8) is 0 Å². The van der Waals surface area contributed by atoms with Crippen molar-refractivity contribution in [1.29, 1.82) is 10.5 Å². The van der Waals surface area contributed by atoms with Crippen molar-refractivity contribution in [1.82, 2.24) is 10.3 Å². The second-order valence-corrected chi connectivity index (χ2v) is 7.26. The predicted molar refractivity (Wildman–Crippen MR) is 108 cm³/mol. The van der Waals surface area contributed by atoms with Gasteiger partial charge in [0.05, 0.1) is 28.4 Å². The van der Waals surface area contributed by atoms with Crippen molar-refractivity contribution in [2.24, 2.45) is 0 Å². The van der Waals surface area contributed by atoms with Gasteiger partial charge in [0.25, 0.3) is 0 Å². The number of nitriles is 2. The molecule has 0 amide bonds. The van der Waals surface area contributed by atoms with E-state index in [9.17, 15) is 20.4 Å². The number of hydrogen-bond acceptors (Lipinski definition) is 10. The highest BCUT2D eigenvalue weighted by Crippen LogP contribution is 2.36. The van der Waals surface area contributed by atoms with Crippen LogP contribution in [0.5, 0.6) is 5.95 Å². The van der Waals surface area contributed by atoms with Gasteiger partial charge in [-0.1, -0.05) is 30.0 Å². The van der Waals surface area contributed by atoms with E-state index < -0.39 is 11.7 Å². The number of nitrogens with zero attached hydrogens (tertiary/aromatic N) is 5. The Morgan fingerprint density at radius 3 is 2.56 bits per heavy atom. The van der Waals surface area contributed by atoms with Crippen LogP contribution < -0.4 is 15.5 Å². The Labute approximate surface area is 185 Å². The number of Topliss-reactive ketones (excluding diaryl/α,β-unsaturated/α-hetero) is 1. The number of thioether (sulfide) groups is 1. The van der Waals surface area contributed by atoms with Gasteiger partial charge in [-0.15, -0.1) is 0 Å². The highest BCUT2D eigenvalue weighted by molar-refractivity contribution is 8.00. The lowest BCUT2D eigenvalue weighted by Gasteiger charge is -2.10. The summed E-state index contributed by atoms with van der Waals surface area (Å²) < 4.78 is 11.1. The van der Waals surface area contributed by atoms with Crippen LogP contribution in [-0.2, 0) is 0 Å². The van der Waals surface area contributed by atoms with Gasteiger partial charge in [-0.2, -0.15) is 10.5 Å². The van der Waals surface area contributed by atoms with Crippen LogP contribution >= 0.6 is 11.8 Å². The average Bonchev–Trinajstić information content (AvgIpc) is 3.47. The molecule has 3 aromatic heterocycles. The van der Waals surface area contributed by atoms with Gasteiger partial charge in [0.15, 0.2) is 5.95 Å². The third kappa shape index (κ3) is 3.64. The zero-order chi connectivity index (χ0) is 22.7. The van der Waals surface area contributed by atoms with Gasteiger partial charge in [0.2, 0.25) is 11.5 Å². The number of nitrogens with two attached hydrogens (primary N) is 1. The largest absolute Gasteiger partial charge is 0.539 e. The maximum absolute atomic E-state index is 12.9. The van der Waals surface area contributed by atoms with Crippen molar-refractivity contribution in [2.75, 3.05) is 11.5 Å². The molecule has 4 aromatic rings. The van der Waals surface area contributed by atoms with Crippen LogP contribution in [0.2, 0.25) is 0 Å². The third-order valence-electron chi connectivity index (χ3n) is 4.40. The summed E-state index contributed by atoms with van der Waals surface area (Å²) in [7, 11) is 0. The van der Waals surface area contributed by atoms with E-state index in [4.69, 9.17) is 10.2 Å². The highest BCUT2D eigenvalue weighted by atomic mass is 32.2. The smallest absolute Gasteiger partial charge is 0.307 e. The molecule has 4 rings (SSSR count). The normalized spacial score (nSPS) is 10.4. The lowest BCUT2D eigenvalue weighted by Crippen LogP contribution is -2.39. The topological polar surface area (TPSA) is 170 Å². The van der Waals surface area contributed by atoms with Crippen molar-refractivity contribution in [3.05, 3.63) is 65.5 Å². The van der Waals surface area contributed by atoms with Crippen molar-refractivity contribution < 1.29 is 23.5 Å². The Morgan fingerprint density at radius 1 is 1.16 bits per heavy atom. The minimum absolute atomic E-state index is 0.00465. The number of rotatable bonds is 6. The molecule has 11 heteroatoms. The summed E-state index contributed by atoms with van der Waals surface area (Å²) in [5.41, 5.74) is 6.35. The summed E-state index contributed by atoms with van der Waals surface area (Å²) in [6.45, 7) is 0. The number of benzene rings is 1. The van der Waals surface area contributed by atoms with Crippen LogP contribution in [0.1, 0.15) is 21.6 Å². The Hall–Kier alpha value is -4.61. The van der Waals surface area contributed by atoms with Gasteiger partial charge in [-0.25, -0.2) is 4.98 Å². The first-order valence-corrected chi connectivity index (χ1v) is 10.0. The zero-order valence-electron chi connectivity index (χ0n) is 16.2. The molecule has 0 aliphatic heterocycles. The molecule has 0 saturated carbocycles. The molecule has 10 nitrogen and oxygen atoms in total. The van der Waals surface area contributed by atoms with Crippen LogP contribution in [0.3, 0.4) is 0 Å². The molecule has 1 aromatic carbocycles. The summed E-state index contributed by atoms with van der Waals surface area (Å²) >= 11 is 0.899. The quantitative estimate of drug-likeness (QED) is 0.263. The van der Waals surface area contributed by atoms with Gasteiger partial charge in [0, 0.05) is 12.1 Å². The van der Waals surface area contributed by atoms with E-state index in [1.54, 1.807) is 42.5 Å². The van der Waals surface area contributed by atoms with Crippen LogP contribution in [0.4, 0.5) is 5.82 Å². The Kier molecular flexibility index (Phi) is 5.57. The fourth-order valence-electron chi connectivity index (χ4n) is 3.00. The van der Waals surface area contributed by atoms with E-state index >= 15 is 0 Å². The number of para-hydroxylation sites is 1. The second kappa shape index (κ2) is 8.63. The van der Waals surface area contributed by atoms with Crippen LogP contribution in [-0.4, -0.2) is 21.8 Å². The summed E-state index contributed by atoms with van der Waals surface area (Å²) in [5, 5.41) is 35.1. The molecule has 0 atom stereocenters. The average molecular weight is 444 g/mol. The number of carbonyl (C=O) groups excluding carboxylic acids is 1. The summed E-state index contributed by atoms with van der Waals surface area (Å²) in [6.07, 6.45) is 1.40. The number of aromatic nitrogens is 3. The molecule has 0 fully saturated rings. The number of ketones is 1. The molecule has 3 heterocycles. The van der Waals surface area contributed by atoms with Crippen molar-refractivity contribution >= 4 is 23.4 Å². The van der Waals surface area contributed by atoms with Crippen LogP contribution in [0, 0.1) is 22.7 Å². The monoisotopic (exact) mass is 444 g/mol. The van der Waals surface area contributed by atoms with E-state index in [0.717, 1.165) is 16.4 Å². The number of furan rings is 1. The predicted octanol–water partition coefficient (Wildman–Crippen LogP) is 1.98. The Balaban J connectivity index is 1.69. The van der Waals surface area contributed by atoms with E-state index in [1.807, 2.05) is 12.1 Å². The molecule has 0 unspecified atom stereocenters. The molecule has 0 aliphatic carbocycles. The minimum Gasteiger partial charge on any atom is -0.539 e. The number of carbonyl (C=O) groups is 1. The molecule has 156 valence electrons. The molecule has 0 aliphatic rings. The highest BCUT2D eigenvalue weighted by Gasteiger charge is 2.29. The minimum atomic E-state index is -0.886. The maximum atomic E-state index is 12.9. The standard InChI is InChI=1S/C21H12N6O4S/c22-9-13-17(16-7-4-8-30-16)14(10-23)20(25-19(13)24)32-11-15(28)18-21(29)31-26-27(18)12-5-2-1-3-6-12/h1-8H,11H2,(H2-,24,25,26,28,29). The second-order valence-electron chi connectivity index (χ2n) is 6.30. The maximum Gasteiger partial charge on any atom is 0.307 e. The zero-order valence-corrected chi connectivity index (χ0v) is 17.0. The number of hydrogen-bond donors (Lipinski definition) is 1. The summed E-state index contributed by atoms with van der Waals surface area (Å²) in [5.74, 6) is -1.57. The van der Waals surface area contributed by atoms with Gasteiger partial charge < -0.3 is 19.8 Å². The van der Waals surface area contributed by atoms with Gasteiger partial charge >= 0.3 is 5.69 Å². The summed E-state index contributed by atoms with van der Waals surface area (Å²) in [4.78, 5) is 17.0. The van der Waals surface area contributed by atoms with Crippen molar-refractivity contribution in [2.45, 2.75) is 5.03 Å². The number of pyridine rings is 1. The SMILES string of the molecule is N#Cc1c(N)nc(SCC(=O)c2c([O-])on[n+]2-c2ccccc2)c(C#N)c1-c1ccco1. The molecule has 0 spiro atoms. The molecule has 0 saturated heterocycles. The first-order valence-electron chi connectivity index (χ1n) is 9.03. The fourth-order valence-corrected chi connectivity index (χ4v) is 3.86. The third-order valence-corrected chi connectivity index (χ3v) is 5.37. The molecule has 0 radical (unpaired) electrons. The van der Waals surface area contributed by atoms with Gasteiger partial charge in [-0.3, -0.25) is 4.79 Å². The van der Waals surface area contributed by atoms with E-state index in [-0.39, 0.29) is 44.7 Å². The fraction of sp³-hybridized carbons (Fsp3) is 0.0476. The van der Waals surface area contributed by atoms with Gasteiger partial charge in [-0.05, 0) is 16.8 Å². The Morgan fingerprint density at radius 2 is 1.91 bits per heavy atom. The van der Waals surface area contributed by atoms with Crippen LogP contribution in [0.25, 0.3) is 17.0 Å². The van der Waals surface area contributed by atoms with E-state index in [0.29, 0.717) is 5.69 Å². The number of nitrogen functional groups attached to an aromatic ring is 1. The first-order chi connectivity index (χ1) is 15.5. The first kappa shape index (κ1) is 20.7. The van der Waals surface area contributed by atoms with Gasteiger partial charge in [0.1, 0.15) is 34.3 Å². The summed E-state index contributed by atoms with van der Waals surface area (Å²) in [6, 6.07) is 15.7. The lowest BCUT2D eigenvalue weighted by molar-refractivity contribution is -0.672. The molecule has 32 heavy (non-hydrogen) atoms. The molecule has 2 N–H and O–H groups in total. The Bertz CT molecular complexity index is 1380. The van der Waals surface area contributed by atoms with Crippen molar-refractivity contribution in [3.8, 4) is 35.1 Å². The lowest BCUT2D eigenvalue weighted by atomic mass is 10.0. The number of anilines is 1. The van der Waals surface area contributed by atoms with Crippen LogP contribution in [0.15, 0.2) is 62.7 Å². The van der Waals surface area contributed by atoms with E-state index in [1.165, 1.54) is 6.26 Å².